The third-order valence-electron chi connectivity index (χ3n) is 0.776. The molecular formula is C5H5NO4S2. The number of hydrogen-bond acceptors (Lipinski definition) is 5. The SMILES string of the molecule is CS(=O)(=O)C(C#N)=COC(=O)S. The fraction of sp³-hybridized carbons (Fsp3) is 0.200. The molecule has 0 aliphatic carbocycles. The van der Waals surface area contributed by atoms with Gasteiger partial charge < -0.3 is 4.74 Å². The van der Waals surface area contributed by atoms with Crippen molar-refractivity contribution in [2.24, 2.45) is 0 Å². The van der Waals surface area contributed by atoms with Gasteiger partial charge in [-0.15, -0.1) is 0 Å². The normalized spacial score (nSPS) is 11.9. The number of ether oxygens (including phenoxy) is 1. The molecular weight excluding hydrogens is 202 g/mol. The van der Waals surface area contributed by atoms with Crippen molar-refractivity contribution in [3.05, 3.63) is 11.2 Å². The highest BCUT2D eigenvalue weighted by Crippen LogP contribution is 2.03. The number of sulfone groups is 1. The van der Waals surface area contributed by atoms with E-state index in [1.807, 2.05) is 0 Å². The lowest BCUT2D eigenvalue weighted by molar-refractivity contribution is 0.214. The summed E-state index contributed by atoms with van der Waals surface area (Å²) in [5, 5.41) is 7.28. The van der Waals surface area contributed by atoms with E-state index in [4.69, 9.17) is 5.26 Å². The van der Waals surface area contributed by atoms with Gasteiger partial charge in [-0.2, -0.15) is 5.26 Å². The van der Waals surface area contributed by atoms with Crippen LogP contribution < -0.4 is 0 Å². The average molecular weight is 207 g/mol. The maximum absolute atomic E-state index is 10.7. The van der Waals surface area contributed by atoms with Crippen LogP contribution in [0.4, 0.5) is 4.79 Å². The predicted octanol–water partition coefficient (Wildman–Crippen LogP) is 0.462. The molecule has 0 amide bonds. The van der Waals surface area contributed by atoms with Crippen LogP contribution in [-0.2, 0) is 14.6 Å². The third-order valence-corrected chi connectivity index (χ3v) is 1.87. The van der Waals surface area contributed by atoms with Crippen molar-refractivity contribution in [1.29, 1.82) is 5.26 Å². The first-order chi connectivity index (χ1) is 5.38. The molecule has 5 nitrogen and oxygen atoms in total. The molecule has 0 fully saturated rings. The van der Waals surface area contributed by atoms with Crippen LogP contribution in [0.3, 0.4) is 0 Å². The molecule has 0 saturated carbocycles. The quantitative estimate of drug-likeness (QED) is 0.308. The van der Waals surface area contributed by atoms with E-state index in [0.717, 1.165) is 6.26 Å². The molecule has 7 heteroatoms. The summed E-state index contributed by atoms with van der Waals surface area (Å²) in [5.41, 5.74) is 0. The molecule has 0 heterocycles. The summed E-state index contributed by atoms with van der Waals surface area (Å²) in [7, 11) is -3.62. The highest BCUT2D eigenvalue weighted by Gasteiger charge is 2.11. The molecule has 0 aliphatic rings. The van der Waals surface area contributed by atoms with Crippen LogP contribution in [0.1, 0.15) is 0 Å². The topological polar surface area (TPSA) is 84.2 Å². The summed E-state index contributed by atoms with van der Waals surface area (Å²) >= 11 is 3.20. The molecule has 0 aromatic heterocycles. The lowest BCUT2D eigenvalue weighted by Crippen LogP contribution is -2.00. The second-order valence-electron chi connectivity index (χ2n) is 1.75. The zero-order valence-electron chi connectivity index (χ0n) is 6.01. The average Bonchev–Trinajstić information content (AvgIpc) is 1.85. The van der Waals surface area contributed by atoms with Crippen molar-refractivity contribution in [3.8, 4) is 6.07 Å². The Morgan fingerprint density at radius 1 is 1.67 bits per heavy atom. The lowest BCUT2D eigenvalue weighted by Gasteiger charge is -1.93. The van der Waals surface area contributed by atoms with E-state index < -0.39 is 20.0 Å². The Hall–Kier alpha value is -1.000. The number of nitriles is 1. The monoisotopic (exact) mass is 207 g/mol. The van der Waals surface area contributed by atoms with Crippen LogP contribution in [0, 0.1) is 11.3 Å². The van der Waals surface area contributed by atoms with Crippen LogP contribution in [0.15, 0.2) is 11.2 Å². The van der Waals surface area contributed by atoms with Gasteiger partial charge in [-0.3, -0.25) is 0 Å². The van der Waals surface area contributed by atoms with Crippen LogP contribution in [0.5, 0.6) is 0 Å². The molecule has 0 N–H and O–H groups in total. The Bertz CT molecular complexity index is 348. The van der Waals surface area contributed by atoms with Gasteiger partial charge in [-0.25, -0.2) is 13.2 Å². The van der Waals surface area contributed by atoms with Crippen LogP contribution >= 0.6 is 12.6 Å². The van der Waals surface area contributed by atoms with Gasteiger partial charge in [0.1, 0.15) is 12.3 Å². The van der Waals surface area contributed by atoms with E-state index in [1.165, 1.54) is 6.07 Å². The molecule has 0 radical (unpaired) electrons. The number of nitrogens with zero attached hydrogens (tertiary/aromatic N) is 1. The van der Waals surface area contributed by atoms with Gasteiger partial charge in [-0.05, 0) is 0 Å². The Kier molecular flexibility index (Phi) is 3.79. The minimum atomic E-state index is -3.62. The van der Waals surface area contributed by atoms with E-state index in [-0.39, 0.29) is 0 Å². The molecule has 0 saturated heterocycles. The van der Waals surface area contributed by atoms with E-state index >= 15 is 0 Å². The fourth-order valence-electron chi connectivity index (χ4n) is 0.301. The Balaban J connectivity index is 4.73. The summed E-state index contributed by atoms with van der Waals surface area (Å²) in [6, 6.07) is 1.36. The lowest BCUT2D eigenvalue weighted by atomic mass is 10.7. The minimum absolute atomic E-state index is 0.546. The van der Waals surface area contributed by atoms with Crippen molar-refractivity contribution < 1.29 is 17.9 Å². The summed E-state index contributed by atoms with van der Waals surface area (Å²) in [5.74, 6) is 0. The maximum atomic E-state index is 10.7. The number of carbonyl (C=O) groups is 1. The molecule has 0 unspecified atom stereocenters. The summed E-state index contributed by atoms with van der Waals surface area (Å²) < 4.78 is 25.4. The molecule has 12 heavy (non-hydrogen) atoms. The summed E-state index contributed by atoms with van der Waals surface area (Å²) in [6.07, 6.45) is 1.37. The maximum Gasteiger partial charge on any atom is 0.369 e. The van der Waals surface area contributed by atoms with Gasteiger partial charge in [0.15, 0.2) is 14.7 Å². The van der Waals surface area contributed by atoms with Gasteiger partial charge in [0, 0.05) is 6.26 Å². The first-order valence-corrected chi connectivity index (χ1v) is 4.91. The zero-order chi connectivity index (χ0) is 9.78. The fourth-order valence-corrected chi connectivity index (χ4v) is 0.742. The largest absolute Gasteiger partial charge is 0.424 e. The highest BCUT2D eigenvalue weighted by atomic mass is 32.2. The van der Waals surface area contributed by atoms with Crippen molar-refractivity contribution in [2.45, 2.75) is 0 Å². The molecule has 0 aliphatic heterocycles. The summed E-state index contributed by atoms with van der Waals surface area (Å²) in [6.45, 7) is 0. The smallest absolute Gasteiger partial charge is 0.369 e. The molecule has 66 valence electrons. The number of allylic oxidation sites excluding steroid dienone is 1. The first kappa shape index (κ1) is 11.0. The Labute approximate surface area is 75.0 Å². The number of thiol groups is 1. The van der Waals surface area contributed by atoms with Gasteiger partial charge in [0.2, 0.25) is 0 Å². The number of hydrogen-bond donors (Lipinski definition) is 1. The molecule has 0 rings (SSSR count). The zero-order valence-corrected chi connectivity index (χ0v) is 7.72. The predicted molar refractivity (Wildman–Crippen MR) is 44.0 cm³/mol. The van der Waals surface area contributed by atoms with E-state index in [0.29, 0.717) is 6.26 Å². The standard InChI is InChI=1S/C5H5NO4S2/c1-12(8,9)4(2-6)3-10-5(7)11/h3H,1H3,(H,7,11). The molecule has 0 atom stereocenters. The van der Waals surface area contributed by atoms with Gasteiger partial charge >= 0.3 is 5.30 Å². The van der Waals surface area contributed by atoms with Gasteiger partial charge in [-0.1, -0.05) is 12.6 Å². The Morgan fingerprint density at radius 2 is 2.17 bits per heavy atom. The van der Waals surface area contributed by atoms with Crippen molar-refractivity contribution in [1.82, 2.24) is 0 Å². The third kappa shape index (κ3) is 4.00. The van der Waals surface area contributed by atoms with Crippen LogP contribution in [0.25, 0.3) is 0 Å². The highest BCUT2D eigenvalue weighted by molar-refractivity contribution is 7.96. The molecule has 0 spiro atoms. The van der Waals surface area contributed by atoms with E-state index in [1.54, 1.807) is 0 Å². The molecule has 0 bridgehead atoms. The van der Waals surface area contributed by atoms with Gasteiger partial charge in [0.25, 0.3) is 0 Å². The van der Waals surface area contributed by atoms with Crippen molar-refractivity contribution in [3.63, 3.8) is 0 Å². The van der Waals surface area contributed by atoms with Crippen molar-refractivity contribution in [2.75, 3.05) is 6.26 Å². The second-order valence-corrected chi connectivity index (χ2v) is 4.10. The second kappa shape index (κ2) is 4.13. The number of carbonyl (C=O) groups excluding carboxylic acids is 1. The molecule has 0 aromatic rings. The van der Waals surface area contributed by atoms with E-state index in [2.05, 4.69) is 17.4 Å². The Morgan fingerprint density at radius 3 is 2.42 bits per heavy atom. The van der Waals surface area contributed by atoms with Crippen LogP contribution in [0.2, 0.25) is 0 Å². The first-order valence-electron chi connectivity index (χ1n) is 2.58. The van der Waals surface area contributed by atoms with Gasteiger partial charge in [0.05, 0.1) is 0 Å². The minimum Gasteiger partial charge on any atom is -0.424 e. The number of rotatable bonds is 2. The van der Waals surface area contributed by atoms with Crippen LogP contribution in [-0.4, -0.2) is 20.0 Å². The van der Waals surface area contributed by atoms with E-state index in [9.17, 15) is 13.2 Å². The molecule has 0 aromatic carbocycles. The van der Waals surface area contributed by atoms with Crippen molar-refractivity contribution >= 4 is 27.8 Å². The summed E-state index contributed by atoms with van der Waals surface area (Å²) in [4.78, 5) is 9.46.